The van der Waals surface area contributed by atoms with E-state index in [0.717, 1.165) is 66.7 Å². The van der Waals surface area contributed by atoms with Crippen LogP contribution in [-0.4, -0.2) is 19.5 Å². The molecule has 0 radical (unpaired) electrons. The van der Waals surface area contributed by atoms with Gasteiger partial charge in [0.1, 0.15) is 17.6 Å². The Bertz CT molecular complexity index is 3440. The van der Waals surface area contributed by atoms with E-state index in [9.17, 15) is 5.26 Å². The standard InChI is InChI=1S/C54H30N6O/c1-56-43-31-46(35(32-55)30-39(43)53-58-51(33-16-4-2-5-17-33)57-52(59-53)34-18-6-3-7-19-34)60-44-25-13-9-21-38(44)49-45(60)29-28-37-36-20-8-10-22-40(36)54(50(37)49)41-23-11-14-26-47(41)61-48-27-15-12-24-42(48)54/h2-31H. The fraction of sp³-hybridized carbons (Fsp3) is 0.0185. The fourth-order valence-electron chi connectivity index (χ4n) is 9.72. The fourth-order valence-corrected chi connectivity index (χ4v) is 9.72. The van der Waals surface area contributed by atoms with Gasteiger partial charge in [-0.05, 0) is 58.7 Å². The van der Waals surface area contributed by atoms with Gasteiger partial charge in [0, 0.05) is 38.6 Å². The molecule has 7 nitrogen and oxygen atoms in total. The van der Waals surface area contributed by atoms with Gasteiger partial charge in [-0.1, -0.05) is 146 Å². The molecule has 0 atom stereocenters. The molecule has 0 unspecified atom stereocenters. The van der Waals surface area contributed by atoms with Gasteiger partial charge in [-0.15, -0.1) is 0 Å². The van der Waals surface area contributed by atoms with Crippen molar-refractivity contribution in [3.05, 3.63) is 221 Å². The van der Waals surface area contributed by atoms with Crippen LogP contribution < -0.4 is 4.74 Å². The van der Waals surface area contributed by atoms with Crippen molar-refractivity contribution in [1.82, 2.24) is 19.5 Å². The Hall–Kier alpha value is -8.65. The van der Waals surface area contributed by atoms with Gasteiger partial charge in [0.05, 0.1) is 34.3 Å². The first-order valence-electron chi connectivity index (χ1n) is 20.0. The zero-order chi connectivity index (χ0) is 40.7. The van der Waals surface area contributed by atoms with Crippen LogP contribution >= 0.6 is 0 Å². The number of rotatable bonds is 4. The number of ether oxygens (including phenoxy) is 1. The van der Waals surface area contributed by atoms with Crippen LogP contribution in [0.2, 0.25) is 0 Å². The maximum atomic E-state index is 11.0. The van der Waals surface area contributed by atoms with Gasteiger partial charge in [-0.2, -0.15) is 5.26 Å². The molecule has 12 rings (SSSR count). The van der Waals surface area contributed by atoms with Crippen molar-refractivity contribution >= 4 is 27.5 Å². The zero-order valence-electron chi connectivity index (χ0n) is 32.4. The second-order valence-electron chi connectivity index (χ2n) is 15.3. The van der Waals surface area contributed by atoms with Gasteiger partial charge in [0.15, 0.2) is 23.2 Å². The first-order valence-corrected chi connectivity index (χ1v) is 20.0. The second kappa shape index (κ2) is 13.2. The summed E-state index contributed by atoms with van der Waals surface area (Å²) in [6.07, 6.45) is 0. The molecule has 61 heavy (non-hydrogen) atoms. The number of hydrogen-bond acceptors (Lipinski definition) is 5. The normalized spacial score (nSPS) is 12.8. The summed E-state index contributed by atoms with van der Waals surface area (Å²) in [4.78, 5) is 18.8. The van der Waals surface area contributed by atoms with Crippen molar-refractivity contribution in [1.29, 1.82) is 5.26 Å². The minimum Gasteiger partial charge on any atom is -0.457 e. The van der Waals surface area contributed by atoms with Gasteiger partial charge in [-0.3, -0.25) is 0 Å². The molecule has 7 heteroatoms. The van der Waals surface area contributed by atoms with Crippen LogP contribution in [0.25, 0.3) is 77.6 Å². The lowest BCUT2D eigenvalue weighted by atomic mass is 9.65. The highest BCUT2D eigenvalue weighted by Crippen LogP contribution is 2.64. The Kier molecular flexibility index (Phi) is 7.44. The van der Waals surface area contributed by atoms with Crippen LogP contribution in [0.5, 0.6) is 11.5 Å². The van der Waals surface area contributed by atoms with Gasteiger partial charge in [0.25, 0.3) is 0 Å². The molecule has 10 aromatic rings. The molecule has 0 N–H and O–H groups in total. The summed E-state index contributed by atoms with van der Waals surface area (Å²) in [5.41, 5.74) is 11.3. The number of hydrogen-bond donors (Lipinski definition) is 0. The van der Waals surface area contributed by atoms with Crippen LogP contribution in [0.15, 0.2) is 182 Å². The maximum absolute atomic E-state index is 11.0. The molecule has 1 aliphatic heterocycles. The maximum Gasteiger partial charge on any atom is 0.200 e. The third-order valence-electron chi connectivity index (χ3n) is 12.2. The predicted molar refractivity (Wildman–Crippen MR) is 239 cm³/mol. The molecule has 1 spiro atoms. The van der Waals surface area contributed by atoms with Crippen LogP contribution in [0, 0.1) is 17.9 Å². The van der Waals surface area contributed by atoms with E-state index >= 15 is 0 Å². The Morgan fingerprint density at radius 3 is 1.77 bits per heavy atom. The number of nitriles is 1. The van der Waals surface area contributed by atoms with E-state index in [2.05, 4.69) is 106 Å². The molecular formula is C54H30N6O. The lowest BCUT2D eigenvalue weighted by Gasteiger charge is -2.39. The highest BCUT2D eigenvalue weighted by molar-refractivity contribution is 6.15. The van der Waals surface area contributed by atoms with E-state index in [0.29, 0.717) is 40.0 Å². The summed E-state index contributed by atoms with van der Waals surface area (Å²) in [6.45, 7) is 8.54. The van der Waals surface area contributed by atoms with Crippen LogP contribution in [0.1, 0.15) is 27.8 Å². The van der Waals surface area contributed by atoms with Crippen molar-refractivity contribution in [3.63, 3.8) is 0 Å². The zero-order valence-corrected chi connectivity index (χ0v) is 32.4. The summed E-state index contributed by atoms with van der Waals surface area (Å²) in [5, 5.41) is 13.2. The Morgan fingerprint density at radius 1 is 0.541 bits per heavy atom. The van der Waals surface area contributed by atoms with Crippen molar-refractivity contribution in [2.75, 3.05) is 0 Å². The lowest BCUT2D eigenvalue weighted by Crippen LogP contribution is -2.32. The van der Waals surface area contributed by atoms with Gasteiger partial charge < -0.3 is 9.30 Å². The second-order valence-corrected chi connectivity index (χ2v) is 15.3. The Morgan fingerprint density at radius 2 is 1.11 bits per heavy atom. The van der Waals surface area contributed by atoms with Gasteiger partial charge in [0.2, 0.25) is 0 Å². The van der Waals surface area contributed by atoms with Crippen molar-refractivity contribution in [2.24, 2.45) is 0 Å². The minimum absolute atomic E-state index is 0.318. The van der Waals surface area contributed by atoms with Crippen molar-refractivity contribution in [3.8, 4) is 68.5 Å². The van der Waals surface area contributed by atoms with E-state index in [4.69, 9.17) is 26.3 Å². The first-order chi connectivity index (χ1) is 30.2. The SMILES string of the molecule is [C-]#[N+]c1cc(-n2c3ccccc3c3c4c(ccc32)-c2ccccc2C42c3ccccc3Oc3ccccc32)c(C#N)cc1-c1nc(-c2ccccc2)nc(-c2ccccc2)n1. The van der Waals surface area contributed by atoms with E-state index in [1.54, 1.807) is 6.07 Å². The van der Waals surface area contributed by atoms with Crippen molar-refractivity contribution in [2.45, 2.75) is 5.41 Å². The molecule has 2 aliphatic rings. The summed E-state index contributed by atoms with van der Waals surface area (Å²) in [7, 11) is 0. The number of nitrogens with zero attached hydrogens (tertiary/aromatic N) is 6. The van der Waals surface area contributed by atoms with E-state index < -0.39 is 5.41 Å². The van der Waals surface area contributed by atoms with Crippen molar-refractivity contribution < 1.29 is 4.74 Å². The molecule has 0 bridgehead atoms. The van der Waals surface area contributed by atoms with E-state index in [-0.39, 0.29) is 0 Å². The highest BCUT2D eigenvalue weighted by atomic mass is 16.5. The molecule has 0 amide bonds. The molecule has 0 fully saturated rings. The Balaban J connectivity index is 1.15. The average molecular weight is 779 g/mol. The third kappa shape index (κ3) is 4.86. The molecule has 0 saturated heterocycles. The summed E-state index contributed by atoms with van der Waals surface area (Å²) in [6, 6.07) is 63.7. The largest absolute Gasteiger partial charge is 0.457 e. The number of benzene rings is 8. The number of para-hydroxylation sites is 3. The Labute approximate surface area is 350 Å². The van der Waals surface area contributed by atoms with Crippen LogP contribution in [-0.2, 0) is 5.41 Å². The number of fused-ring (bicyclic) bond motifs is 13. The molecule has 1 aliphatic carbocycles. The molecule has 282 valence electrons. The average Bonchev–Trinajstić information content (AvgIpc) is 3.82. The van der Waals surface area contributed by atoms with E-state index in [1.165, 1.54) is 11.1 Å². The lowest BCUT2D eigenvalue weighted by molar-refractivity contribution is 0.437. The predicted octanol–water partition coefficient (Wildman–Crippen LogP) is 12.9. The van der Waals surface area contributed by atoms with Gasteiger partial charge in [-0.25, -0.2) is 19.8 Å². The topological polar surface area (TPSA) is 81.0 Å². The summed E-state index contributed by atoms with van der Waals surface area (Å²) >= 11 is 0. The molecule has 0 saturated carbocycles. The number of aromatic nitrogens is 4. The smallest absolute Gasteiger partial charge is 0.200 e. The summed E-state index contributed by atoms with van der Waals surface area (Å²) < 4.78 is 8.80. The van der Waals surface area contributed by atoms with Crippen LogP contribution in [0.4, 0.5) is 5.69 Å². The monoisotopic (exact) mass is 778 g/mol. The molecule has 8 aromatic carbocycles. The third-order valence-corrected chi connectivity index (χ3v) is 12.2. The molecule has 3 heterocycles. The summed E-state index contributed by atoms with van der Waals surface area (Å²) in [5.74, 6) is 2.91. The van der Waals surface area contributed by atoms with Crippen LogP contribution in [0.3, 0.4) is 0 Å². The first kappa shape index (κ1) is 34.4. The molecular weight excluding hydrogens is 749 g/mol. The van der Waals surface area contributed by atoms with Gasteiger partial charge >= 0.3 is 0 Å². The molecule has 2 aromatic heterocycles. The minimum atomic E-state index is -0.707. The highest BCUT2D eigenvalue weighted by Gasteiger charge is 2.52. The van der Waals surface area contributed by atoms with E-state index in [1.807, 2.05) is 84.9 Å². The quantitative estimate of drug-likeness (QED) is 0.166.